The van der Waals surface area contributed by atoms with E-state index in [1.807, 2.05) is 29.2 Å². The number of phenolic OH excluding ortho intramolecular Hbond substituents is 1. The first kappa shape index (κ1) is 18.9. The standard InChI is InChI=1S/C21H25N3O3/c1-2-16-7-3-5-9-18(16)22-20(26)15-23-11-13-24(14-12-23)21(27)17-8-4-6-10-19(17)25/h3-10,25H,2,11-15H2,1H3,(H,22,26). The van der Waals surface area contributed by atoms with Crippen LogP contribution in [0.5, 0.6) is 5.75 Å². The number of benzene rings is 2. The lowest BCUT2D eigenvalue weighted by molar-refractivity contribution is -0.117. The number of para-hydroxylation sites is 2. The molecule has 0 atom stereocenters. The Morgan fingerprint density at radius 1 is 1.00 bits per heavy atom. The van der Waals surface area contributed by atoms with Gasteiger partial charge in [-0.05, 0) is 30.2 Å². The van der Waals surface area contributed by atoms with Gasteiger partial charge in [0.15, 0.2) is 0 Å². The second-order valence-corrected chi connectivity index (χ2v) is 6.64. The molecule has 1 fully saturated rings. The van der Waals surface area contributed by atoms with Gasteiger partial charge in [0, 0.05) is 31.9 Å². The normalized spacial score (nSPS) is 14.8. The van der Waals surface area contributed by atoms with E-state index in [-0.39, 0.29) is 17.6 Å². The number of nitrogens with one attached hydrogen (secondary N) is 1. The average molecular weight is 367 g/mol. The van der Waals surface area contributed by atoms with Gasteiger partial charge in [0.2, 0.25) is 5.91 Å². The first-order valence-electron chi connectivity index (χ1n) is 9.26. The van der Waals surface area contributed by atoms with Crippen molar-refractivity contribution in [3.8, 4) is 5.75 Å². The van der Waals surface area contributed by atoms with E-state index in [4.69, 9.17) is 0 Å². The molecular formula is C21H25N3O3. The number of carbonyl (C=O) groups is 2. The monoisotopic (exact) mass is 367 g/mol. The molecule has 1 heterocycles. The zero-order valence-corrected chi connectivity index (χ0v) is 15.5. The van der Waals surface area contributed by atoms with Crippen LogP contribution in [0.2, 0.25) is 0 Å². The van der Waals surface area contributed by atoms with Gasteiger partial charge in [0.25, 0.3) is 5.91 Å². The fraction of sp³-hybridized carbons (Fsp3) is 0.333. The number of hydrogen-bond donors (Lipinski definition) is 2. The molecule has 6 nitrogen and oxygen atoms in total. The fourth-order valence-electron chi connectivity index (χ4n) is 3.28. The van der Waals surface area contributed by atoms with Gasteiger partial charge in [-0.25, -0.2) is 0 Å². The maximum absolute atomic E-state index is 12.5. The van der Waals surface area contributed by atoms with E-state index in [2.05, 4.69) is 12.2 Å². The summed E-state index contributed by atoms with van der Waals surface area (Å²) >= 11 is 0. The molecule has 2 aromatic rings. The molecule has 1 saturated heterocycles. The van der Waals surface area contributed by atoms with Gasteiger partial charge in [-0.2, -0.15) is 0 Å². The Bertz CT molecular complexity index is 814. The summed E-state index contributed by atoms with van der Waals surface area (Å²) in [6.45, 7) is 4.69. The number of anilines is 1. The van der Waals surface area contributed by atoms with Crippen LogP contribution in [0.25, 0.3) is 0 Å². The highest BCUT2D eigenvalue weighted by Crippen LogP contribution is 2.19. The predicted octanol–water partition coefficient (Wildman–Crippen LogP) is 2.35. The number of phenols is 1. The molecule has 0 bridgehead atoms. The van der Waals surface area contributed by atoms with Gasteiger partial charge in [-0.15, -0.1) is 0 Å². The summed E-state index contributed by atoms with van der Waals surface area (Å²) in [6.07, 6.45) is 0.865. The minimum atomic E-state index is -0.172. The summed E-state index contributed by atoms with van der Waals surface area (Å²) in [5, 5.41) is 12.8. The first-order chi connectivity index (χ1) is 13.1. The summed E-state index contributed by atoms with van der Waals surface area (Å²) < 4.78 is 0. The van der Waals surface area contributed by atoms with Crippen LogP contribution in [0.4, 0.5) is 5.69 Å². The quantitative estimate of drug-likeness (QED) is 0.851. The van der Waals surface area contributed by atoms with Crippen molar-refractivity contribution < 1.29 is 14.7 Å². The zero-order valence-electron chi connectivity index (χ0n) is 15.5. The summed E-state index contributed by atoms with van der Waals surface area (Å²) in [5.74, 6) is -0.218. The van der Waals surface area contributed by atoms with E-state index < -0.39 is 0 Å². The highest BCUT2D eigenvalue weighted by molar-refractivity contribution is 5.97. The summed E-state index contributed by atoms with van der Waals surface area (Å²) in [7, 11) is 0. The van der Waals surface area contributed by atoms with Gasteiger partial charge in [0.05, 0.1) is 12.1 Å². The van der Waals surface area contributed by atoms with Gasteiger partial charge in [-0.3, -0.25) is 14.5 Å². The van der Waals surface area contributed by atoms with Crippen LogP contribution in [0.1, 0.15) is 22.8 Å². The van der Waals surface area contributed by atoms with E-state index in [0.29, 0.717) is 38.3 Å². The van der Waals surface area contributed by atoms with E-state index in [0.717, 1.165) is 17.7 Å². The van der Waals surface area contributed by atoms with E-state index in [9.17, 15) is 14.7 Å². The molecule has 0 saturated carbocycles. The molecule has 1 aliphatic heterocycles. The minimum absolute atomic E-state index is 0.00102. The number of nitrogens with zero attached hydrogens (tertiary/aromatic N) is 2. The smallest absolute Gasteiger partial charge is 0.257 e. The third-order valence-electron chi connectivity index (χ3n) is 4.83. The molecule has 142 valence electrons. The van der Waals surface area contributed by atoms with Crippen molar-refractivity contribution in [3.05, 3.63) is 59.7 Å². The van der Waals surface area contributed by atoms with Crippen LogP contribution in [0, 0.1) is 0 Å². The molecule has 27 heavy (non-hydrogen) atoms. The summed E-state index contributed by atoms with van der Waals surface area (Å²) in [6, 6.07) is 14.4. The largest absolute Gasteiger partial charge is 0.507 e. The van der Waals surface area contributed by atoms with Gasteiger partial charge >= 0.3 is 0 Å². The van der Waals surface area contributed by atoms with Crippen LogP contribution in [-0.4, -0.2) is 59.4 Å². The molecular weight excluding hydrogens is 342 g/mol. The summed E-state index contributed by atoms with van der Waals surface area (Å²) in [4.78, 5) is 28.7. The third kappa shape index (κ3) is 4.65. The van der Waals surface area contributed by atoms with Crippen LogP contribution < -0.4 is 5.32 Å². The van der Waals surface area contributed by atoms with E-state index in [1.54, 1.807) is 23.1 Å². The first-order valence-corrected chi connectivity index (χ1v) is 9.26. The maximum atomic E-state index is 12.5. The Kier molecular flexibility index (Phi) is 6.08. The number of rotatable bonds is 5. The van der Waals surface area contributed by atoms with Crippen molar-refractivity contribution in [3.63, 3.8) is 0 Å². The lowest BCUT2D eigenvalue weighted by Gasteiger charge is -2.34. The molecule has 2 N–H and O–H groups in total. The highest BCUT2D eigenvalue weighted by Gasteiger charge is 2.24. The van der Waals surface area contributed by atoms with E-state index in [1.165, 1.54) is 6.07 Å². The number of hydrogen-bond acceptors (Lipinski definition) is 4. The van der Waals surface area contributed by atoms with Crippen molar-refractivity contribution in [2.24, 2.45) is 0 Å². The molecule has 1 aliphatic rings. The SMILES string of the molecule is CCc1ccccc1NC(=O)CN1CCN(C(=O)c2ccccc2O)CC1. The number of aromatic hydroxyl groups is 1. The lowest BCUT2D eigenvalue weighted by Crippen LogP contribution is -2.50. The second-order valence-electron chi connectivity index (χ2n) is 6.64. The molecule has 6 heteroatoms. The fourth-order valence-corrected chi connectivity index (χ4v) is 3.28. The highest BCUT2D eigenvalue weighted by atomic mass is 16.3. The molecule has 3 rings (SSSR count). The Morgan fingerprint density at radius 3 is 2.37 bits per heavy atom. The Balaban J connectivity index is 1.51. The minimum Gasteiger partial charge on any atom is -0.507 e. The third-order valence-corrected chi connectivity index (χ3v) is 4.83. The van der Waals surface area contributed by atoms with Crippen LogP contribution in [-0.2, 0) is 11.2 Å². The zero-order chi connectivity index (χ0) is 19.2. The van der Waals surface area contributed by atoms with Crippen molar-refractivity contribution >= 4 is 17.5 Å². The predicted molar refractivity (Wildman–Crippen MR) is 105 cm³/mol. The van der Waals surface area contributed by atoms with Crippen molar-refractivity contribution in [2.75, 3.05) is 38.0 Å². The Labute approximate surface area is 159 Å². The maximum Gasteiger partial charge on any atom is 0.257 e. The van der Waals surface area contributed by atoms with Crippen molar-refractivity contribution in [2.45, 2.75) is 13.3 Å². The molecule has 0 spiro atoms. The lowest BCUT2D eigenvalue weighted by atomic mass is 10.1. The average Bonchev–Trinajstić information content (AvgIpc) is 2.69. The molecule has 0 unspecified atom stereocenters. The van der Waals surface area contributed by atoms with Crippen LogP contribution >= 0.6 is 0 Å². The molecule has 0 radical (unpaired) electrons. The Hall–Kier alpha value is -2.86. The second kappa shape index (κ2) is 8.68. The van der Waals surface area contributed by atoms with Crippen molar-refractivity contribution in [1.82, 2.24) is 9.80 Å². The number of carbonyl (C=O) groups excluding carboxylic acids is 2. The number of piperazine rings is 1. The Morgan fingerprint density at radius 2 is 1.67 bits per heavy atom. The topological polar surface area (TPSA) is 72.9 Å². The van der Waals surface area contributed by atoms with Gasteiger partial charge in [-0.1, -0.05) is 37.3 Å². The van der Waals surface area contributed by atoms with Gasteiger partial charge in [0.1, 0.15) is 5.75 Å². The van der Waals surface area contributed by atoms with Crippen molar-refractivity contribution in [1.29, 1.82) is 0 Å². The molecule has 2 amide bonds. The van der Waals surface area contributed by atoms with E-state index >= 15 is 0 Å². The number of amides is 2. The van der Waals surface area contributed by atoms with Crippen LogP contribution in [0.15, 0.2) is 48.5 Å². The number of aryl methyl sites for hydroxylation is 1. The molecule has 0 aromatic heterocycles. The molecule has 0 aliphatic carbocycles. The molecule has 2 aromatic carbocycles. The van der Waals surface area contributed by atoms with Gasteiger partial charge < -0.3 is 15.3 Å². The summed E-state index contributed by atoms with van der Waals surface area (Å²) in [5.41, 5.74) is 2.29. The van der Waals surface area contributed by atoms with Crippen LogP contribution in [0.3, 0.4) is 0 Å².